The van der Waals surface area contributed by atoms with Gasteiger partial charge in [0.2, 0.25) is 0 Å². The molecule has 3 rings (SSSR count). The van der Waals surface area contributed by atoms with Crippen molar-refractivity contribution in [3.8, 4) is 23.8 Å². The van der Waals surface area contributed by atoms with Crippen LogP contribution in [0.3, 0.4) is 0 Å². The number of hydrogen-bond donors (Lipinski definition) is 2. The zero-order valence-electron chi connectivity index (χ0n) is 16.1. The summed E-state index contributed by atoms with van der Waals surface area (Å²) >= 11 is 3.61. The summed E-state index contributed by atoms with van der Waals surface area (Å²) in [6.07, 6.45) is 8.12. The number of hydrogen-bond acceptors (Lipinski definition) is 5. The first-order chi connectivity index (χ1) is 14.0. The third-order valence-electron chi connectivity index (χ3n) is 4.24. The van der Waals surface area contributed by atoms with E-state index >= 15 is 0 Å². The molecule has 0 unspecified atom stereocenters. The molecule has 1 heterocycles. The number of aryl methyl sites for hydroxylation is 1. The number of thioether (sulfide) groups is 1. The molecule has 7 heteroatoms. The number of halogens is 1. The third kappa shape index (κ3) is 5.40. The average Bonchev–Trinajstić information content (AvgIpc) is 3.06. The van der Waals surface area contributed by atoms with Crippen LogP contribution < -0.4 is 20.1 Å². The molecule has 1 amide bonds. The molecule has 150 valence electrons. The van der Waals surface area contributed by atoms with Gasteiger partial charge in [-0.15, -0.1) is 6.42 Å². The number of ether oxygens (including phenoxy) is 2. The molecule has 5 nitrogen and oxygen atoms in total. The lowest BCUT2D eigenvalue weighted by Crippen LogP contribution is -2.30. The van der Waals surface area contributed by atoms with E-state index in [4.69, 9.17) is 15.9 Å². The molecule has 2 aromatic carbocycles. The van der Waals surface area contributed by atoms with E-state index in [0.29, 0.717) is 16.4 Å². The van der Waals surface area contributed by atoms with E-state index in [1.54, 1.807) is 7.11 Å². The van der Waals surface area contributed by atoms with Crippen molar-refractivity contribution >= 4 is 52.0 Å². The number of terminal acetylenes is 1. The Morgan fingerprint density at radius 2 is 2.10 bits per heavy atom. The summed E-state index contributed by atoms with van der Waals surface area (Å²) < 4.78 is 11.9. The summed E-state index contributed by atoms with van der Waals surface area (Å²) in [5.74, 6) is 3.52. The smallest absolute Gasteiger partial charge is 0.260 e. The van der Waals surface area contributed by atoms with Gasteiger partial charge in [0.25, 0.3) is 5.91 Å². The van der Waals surface area contributed by atoms with Gasteiger partial charge >= 0.3 is 0 Å². The van der Waals surface area contributed by atoms with E-state index in [-0.39, 0.29) is 18.0 Å². The highest BCUT2D eigenvalue weighted by Crippen LogP contribution is 2.36. The van der Waals surface area contributed by atoms with Crippen LogP contribution in [-0.4, -0.2) is 25.1 Å². The Morgan fingerprint density at radius 1 is 1.34 bits per heavy atom. The molecule has 29 heavy (non-hydrogen) atoms. The van der Waals surface area contributed by atoms with Crippen molar-refractivity contribution in [3.05, 3.63) is 56.0 Å². The van der Waals surface area contributed by atoms with Gasteiger partial charge in [-0.3, -0.25) is 4.79 Å². The molecule has 1 saturated heterocycles. The summed E-state index contributed by atoms with van der Waals surface area (Å²) in [5, 5.41) is 6.28. The van der Waals surface area contributed by atoms with E-state index in [0.717, 1.165) is 21.2 Å². The summed E-state index contributed by atoms with van der Waals surface area (Å²) in [4.78, 5) is 13.0. The second-order valence-corrected chi connectivity index (χ2v) is 8.51. The number of amides is 1. The number of methoxy groups -OCH3 is 1. The molecule has 0 saturated carbocycles. The lowest BCUT2D eigenvalue weighted by Gasteiger charge is -2.13. The molecule has 0 aliphatic carbocycles. The van der Waals surface area contributed by atoms with Crippen LogP contribution in [0.4, 0.5) is 5.69 Å². The van der Waals surface area contributed by atoms with E-state index in [2.05, 4.69) is 58.2 Å². The van der Waals surface area contributed by atoms with Gasteiger partial charge in [-0.05, 0) is 70.5 Å². The van der Waals surface area contributed by atoms with Gasteiger partial charge in [0.1, 0.15) is 6.61 Å². The van der Waals surface area contributed by atoms with Crippen molar-refractivity contribution < 1.29 is 14.3 Å². The van der Waals surface area contributed by atoms with Crippen LogP contribution in [0.1, 0.15) is 18.1 Å². The Balaban J connectivity index is 1.75. The molecule has 0 spiro atoms. The number of rotatable bonds is 7. The van der Waals surface area contributed by atoms with Crippen molar-refractivity contribution in [2.45, 2.75) is 18.8 Å². The molecule has 1 fully saturated rings. The Kier molecular flexibility index (Phi) is 7.34. The highest BCUT2D eigenvalue weighted by Gasteiger charge is 2.27. The summed E-state index contributed by atoms with van der Waals surface area (Å²) in [7, 11) is 1.58. The van der Waals surface area contributed by atoms with E-state index in [1.165, 1.54) is 17.3 Å². The zero-order valence-corrected chi connectivity index (χ0v) is 19.1. The summed E-state index contributed by atoms with van der Waals surface area (Å²) in [6, 6.07) is 12.0. The topological polar surface area (TPSA) is 59.6 Å². The first-order valence-electron chi connectivity index (χ1n) is 9.02. The molecule has 0 bridgehead atoms. The number of benzene rings is 2. The predicted molar refractivity (Wildman–Crippen MR) is 127 cm³/mol. The van der Waals surface area contributed by atoms with E-state index in [9.17, 15) is 4.79 Å². The van der Waals surface area contributed by atoms with Gasteiger partial charge in [-0.1, -0.05) is 36.7 Å². The lowest BCUT2D eigenvalue weighted by molar-refractivity contribution is -0.116. The fourth-order valence-electron chi connectivity index (χ4n) is 2.78. The van der Waals surface area contributed by atoms with Crippen LogP contribution in [0.15, 0.2) is 41.3 Å². The van der Waals surface area contributed by atoms with Crippen molar-refractivity contribution in [2.24, 2.45) is 0 Å². The van der Waals surface area contributed by atoms with Gasteiger partial charge in [-0.2, -0.15) is 0 Å². The molecule has 0 radical (unpaired) electrons. The van der Waals surface area contributed by atoms with Gasteiger partial charge in [0, 0.05) is 5.69 Å². The Hall–Kier alpha value is -2.31. The fourth-order valence-corrected chi connectivity index (χ4v) is 4.55. The fraction of sp³-hybridized carbons (Fsp3) is 0.227. The summed E-state index contributed by atoms with van der Waals surface area (Å²) in [6.45, 7) is 2.29. The quantitative estimate of drug-likeness (QED) is 0.321. The molecule has 1 aliphatic heterocycles. The normalized spacial score (nSPS) is 17.0. The maximum absolute atomic E-state index is 12.4. The van der Waals surface area contributed by atoms with Crippen molar-refractivity contribution in [1.82, 2.24) is 5.32 Å². The molecule has 2 N–H and O–H groups in total. The minimum atomic E-state index is -0.222. The van der Waals surface area contributed by atoms with E-state index < -0.39 is 0 Å². The zero-order chi connectivity index (χ0) is 20.8. The molecule has 2 aromatic rings. The second kappa shape index (κ2) is 9.94. The van der Waals surface area contributed by atoms with Crippen LogP contribution in [0.5, 0.6) is 11.5 Å². The van der Waals surface area contributed by atoms with Gasteiger partial charge in [0.15, 0.2) is 17.0 Å². The van der Waals surface area contributed by atoms with Gasteiger partial charge < -0.3 is 20.1 Å². The molecular formula is C22H21IN2O3S. The molecule has 1 atom stereocenters. The SMILES string of the molecule is C#CCOc1c(I)cc(/C=C2\S[C@H](Nc3ccc(CC)cc3)NC2=O)cc1OC. The molecular weight excluding hydrogens is 499 g/mol. The lowest BCUT2D eigenvalue weighted by atomic mass is 10.1. The Bertz CT molecular complexity index is 967. The minimum absolute atomic E-state index is 0.112. The monoisotopic (exact) mass is 520 g/mol. The maximum Gasteiger partial charge on any atom is 0.260 e. The molecule has 0 aromatic heterocycles. The Morgan fingerprint density at radius 3 is 2.76 bits per heavy atom. The van der Waals surface area contributed by atoms with Crippen molar-refractivity contribution in [3.63, 3.8) is 0 Å². The van der Waals surface area contributed by atoms with Crippen molar-refractivity contribution in [1.29, 1.82) is 0 Å². The molecule has 1 aliphatic rings. The van der Waals surface area contributed by atoms with Gasteiger partial charge in [-0.25, -0.2) is 0 Å². The van der Waals surface area contributed by atoms with Crippen LogP contribution in [-0.2, 0) is 11.2 Å². The maximum atomic E-state index is 12.4. The average molecular weight is 520 g/mol. The predicted octanol–water partition coefficient (Wildman–Crippen LogP) is 4.47. The third-order valence-corrected chi connectivity index (χ3v) is 6.07. The first-order valence-corrected chi connectivity index (χ1v) is 11.0. The summed E-state index contributed by atoms with van der Waals surface area (Å²) in [5.41, 5.74) is 2.87. The van der Waals surface area contributed by atoms with E-state index in [1.807, 2.05) is 30.3 Å². The van der Waals surface area contributed by atoms with Crippen molar-refractivity contribution in [2.75, 3.05) is 19.0 Å². The standard InChI is InChI=1S/C22H21IN2O3S/c1-4-10-28-20-17(23)11-15(12-18(20)27-3)13-19-21(26)25-22(29-19)24-16-8-6-14(5-2)7-9-16/h1,6-9,11-13,22,24H,5,10H2,2-3H3,(H,25,26)/b19-13-/t22-/m1/s1. The first kappa shape index (κ1) is 21.4. The number of nitrogens with one attached hydrogen (secondary N) is 2. The second-order valence-electron chi connectivity index (χ2n) is 6.20. The van der Waals surface area contributed by atoms with Crippen LogP contribution in [0.25, 0.3) is 6.08 Å². The number of carbonyl (C=O) groups is 1. The number of anilines is 1. The number of carbonyl (C=O) groups excluding carboxylic acids is 1. The minimum Gasteiger partial charge on any atom is -0.493 e. The Labute approximate surface area is 188 Å². The highest BCUT2D eigenvalue weighted by molar-refractivity contribution is 14.1. The largest absolute Gasteiger partial charge is 0.493 e. The van der Waals surface area contributed by atoms with Crippen LogP contribution in [0.2, 0.25) is 0 Å². The van der Waals surface area contributed by atoms with Crippen LogP contribution >= 0.6 is 34.4 Å². The van der Waals surface area contributed by atoms with Crippen LogP contribution in [0, 0.1) is 15.9 Å². The highest BCUT2D eigenvalue weighted by atomic mass is 127. The van der Waals surface area contributed by atoms with Gasteiger partial charge in [0.05, 0.1) is 15.6 Å².